The maximum atomic E-state index is 15.5. The summed E-state index contributed by atoms with van der Waals surface area (Å²) in [6, 6.07) is 4.21. The number of pyridine rings is 1. The zero-order valence-corrected chi connectivity index (χ0v) is 26.7. The number of carbonyl (C=O) groups excluding carboxylic acids is 2. The normalized spacial score (nSPS) is 18.2. The van der Waals surface area contributed by atoms with Crippen LogP contribution in [0.25, 0.3) is 11.1 Å². The number of amides is 2. The second-order valence-corrected chi connectivity index (χ2v) is 18.4. The Hall–Kier alpha value is -3.38. The van der Waals surface area contributed by atoms with Crippen LogP contribution in [0.5, 0.6) is 0 Å². The molecule has 12 heteroatoms. The van der Waals surface area contributed by atoms with Crippen LogP contribution in [0.1, 0.15) is 71.7 Å². The quantitative estimate of drug-likeness (QED) is 0.158. The average molecular weight is 599 g/mol. The van der Waals surface area contributed by atoms with E-state index >= 15 is 4.39 Å². The second-order valence-electron chi connectivity index (χ2n) is 12.8. The minimum absolute atomic E-state index is 0.0599. The molecule has 42 heavy (non-hydrogen) atoms. The lowest BCUT2D eigenvalue weighted by Crippen LogP contribution is -2.31. The van der Waals surface area contributed by atoms with Crippen molar-refractivity contribution in [3.63, 3.8) is 0 Å². The van der Waals surface area contributed by atoms with E-state index in [4.69, 9.17) is 15.0 Å². The molecule has 0 saturated heterocycles. The van der Waals surface area contributed by atoms with Gasteiger partial charge in [-0.1, -0.05) is 44.6 Å². The fourth-order valence-corrected chi connectivity index (χ4v) is 6.46. The van der Waals surface area contributed by atoms with E-state index in [1.807, 2.05) is 13.8 Å². The molecule has 1 saturated carbocycles. The van der Waals surface area contributed by atoms with Gasteiger partial charge in [0.25, 0.3) is 5.91 Å². The van der Waals surface area contributed by atoms with Gasteiger partial charge in [0.15, 0.2) is 5.76 Å². The number of primary amides is 1. The molecule has 228 valence electrons. The Morgan fingerprint density at radius 3 is 2.48 bits per heavy atom. The van der Waals surface area contributed by atoms with E-state index < -0.39 is 31.8 Å². The minimum atomic E-state index is -1.21. The van der Waals surface area contributed by atoms with Gasteiger partial charge >= 0.3 is 0 Å². The van der Waals surface area contributed by atoms with Crippen LogP contribution in [-0.4, -0.2) is 46.4 Å². The number of carbonyl (C=O) groups is 2. The van der Waals surface area contributed by atoms with Crippen LogP contribution in [0.15, 0.2) is 16.7 Å². The molecular formula is C30H43FN6O4Si. The summed E-state index contributed by atoms with van der Waals surface area (Å²) in [4.78, 5) is 30.0. The SMILES string of the molecule is Cc1noc(C(C(=O)Nc2ccc(-c3c(C)nn(COCC[Si](C)(C)C)c3C)c(F)n2)C2CCC(C)CC2)c1C(N)=O. The zero-order valence-electron chi connectivity index (χ0n) is 25.7. The number of ether oxygens (including phenoxy) is 1. The number of nitrogens with zero attached hydrogens (tertiary/aromatic N) is 4. The van der Waals surface area contributed by atoms with Crippen molar-refractivity contribution in [2.24, 2.45) is 17.6 Å². The highest BCUT2D eigenvalue weighted by atomic mass is 28.3. The zero-order chi connectivity index (χ0) is 30.8. The number of anilines is 1. The molecule has 3 heterocycles. The fraction of sp³-hybridized carbons (Fsp3) is 0.567. The topological polar surface area (TPSA) is 138 Å². The Bertz CT molecular complexity index is 1440. The smallest absolute Gasteiger partial charge is 0.254 e. The molecule has 4 rings (SSSR count). The molecule has 3 N–H and O–H groups in total. The summed E-state index contributed by atoms with van der Waals surface area (Å²) < 4.78 is 28.6. The first kappa shape index (κ1) is 31.6. The van der Waals surface area contributed by atoms with Gasteiger partial charge in [0, 0.05) is 31.5 Å². The molecule has 1 fully saturated rings. The monoisotopic (exact) mass is 598 g/mol. The van der Waals surface area contributed by atoms with E-state index in [-0.39, 0.29) is 35.4 Å². The molecule has 1 aliphatic rings. The van der Waals surface area contributed by atoms with Crippen molar-refractivity contribution in [2.45, 2.75) is 91.7 Å². The van der Waals surface area contributed by atoms with Gasteiger partial charge in [-0.15, -0.1) is 0 Å². The van der Waals surface area contributed by atoms with Crippen LogP contribution in [0.2, 0.25) is 25.7 Å². The molecule has 0 spiro atoms. The summed E-state index contributed by atoms with van der Waals surface area (Å²) in [5, 5.41) is 11.2. The van der Waals surface area contributed by atoms with Crippen molar-refractivity contribution in [3.05, 3.63) is 46.5 Å². The van der Waals surface area contributed by atoms with Crippen LogP contribution >= 0.6 is 0 Å². The number of nitrogens with two attached hydrogens (primary N) is 1. The van der Waals surface area contributed by atoms with Gasteiger partial charge in [0.2, 0.25) is 11.9 Å². The van der Waals surface area contributed by atoms with Gasteiger partial charge in [0.05, 0.1) is 11.4 Å². The van der Waals surface area contributed by atoms with Crippen molar-refractivity contribution in [2.75, 3.05) is 11.9 Å². The summed E-state index contributed by atoms with van der Waals surface area (Å²) >= 11 is 0. The third-order valence-corrected chi connectivity index (χ3v) is 9.90. The Kier molecular flexibility index (Phi) is 9.66. The predicted molar refractivity (Wildman–Crippen MR) is 161 cm³/mol. The second kappa shape index (κ2) is 12.9. The van der Waals surface area contributed by atoms with Gasteiger partial charge in [-0.2, -0.15) is 9.49 Å². The molecule has 1 unspecified atom stereocenters. The van der Waals surface area contributed by atoms with E-state index in [0.29, 0.717) is 29.5 Å². The highest BCUT2D eigenvalue weighted by Crippen LogP contribution is 2.40. The summed E-state index contributed by atoms with van der Waals surface area (Å²) in [6.07, 6.45) is 3.46. The summed E-state index contributed by atoms with van der Waals surface area (Å²) in [7, 11) is -1.21. The molecule has 1 atom stereocenters. The third kappa shape index (κ3) is 7.15. The Morgan fingerprint density at radius 2 is 1.86 bits per heavy atom. The highest BCUT2D eigenvalue weighted by molar-refractivity contribution is 6.76. The molecular weight excluding hydrogens is 555 g/mol. The molecule has 0 radical (unpaired) electrons. The van der Waals surface area contributed by atoms with Gasteiger partial charge < -0.3 is 20.3 Å². The Balaban J connectivity index is 1.55. The van der Waals surface area contributed by atoms with Crippen LogP contribution in [0, 0.1) is 38.6 Å². The first-order valence-electron chi connectivity index (χ1n) is 14.6. The molecule has 0 bridgehead atoms. The number of aromatic nitrogens is 4. The maximum Gasteiger partial charge on any atom is 0.254 e. The lowest BCUT2D eigenvalue weighted by Gasteiger charge is -2.31. The fourth-order valence-electron chi connectivity index (χ4n) is 5.70. The molecule has 10 nitrogen and oxygen atoms in total. The molecule has 2 amide bonds. The van der Waals surface area contributed by atoms with Gasteiger partial charge in [0.1, 0.15) is 24.0 Å². The van der Waals surface area contributed by atoms with Crippen LogP contribution in [-0.2, 0) is 16.3 Å². The predicted octanol–water partition coefficient (Wildman–Crippen LogP) is 5.96. The maximum absolute atomic E-state index is 15.5. The highest BCUT2D eigenvalue weighted by Gasteiger charge is 2.39. The number of hydrogen-bond donors (Lipinski definition) is 2. The molecule has 3 aromatic rings. The summed E-state index contributed by atoms with van der Waals surface area (Å²) in [6.45, 7) is 15.3. The van der Waals surface area contributed by atoms with E-state index in [1.165, 1.54) is 0 Å². The van der Waals surface area contributed by atoms with E-state index in [2.05, 4.69) is 47.1 Å². The van der Waals surface area contributed by atoms with Crippen LogP contribution in [0.3, 0.4) is 0 Å². The number of halogens is 1. The lowest BCUT2D eigenvalue weighted by molar-refractivity contribution is -0.119. The molecule has 0 aromatic carbocycles. The van der Waals surface area contributed by atoms with E-state index in [9.17, 15) is 9.59 Å². The van der Waals surface area contributed by atoms with Crippen molar-refractivity contribution >= 4 is 25.7 Å². The molecule has 0 aliphatic heterocycles. The van der Waals surface area contributed by atoms with Gasteiger partial charge in [-0.25, -0.2) is 9.67 Å². The van der Waals surface area contributed by atoms with Crippen molar-refractivity contribution in [1.82, 2.24) is 19.9 Å². The van der Waals surface area contributed by atoms with Gasteiger partial charge in [-0.3, -0.25) is 9.59 Å². The number of nitrogens with one attached hydrogen (secondary N) is 1. The largest absolute Gasteiger partial charge is 0.365 e. The summed E-state index contributed by atoms with van der Waals surface area (Å²) in [5.41, 5.74) is 8.44. The average Bonchev–Trinajstić information content (AvgIpc) is 3.41. The third-order valence-electron chi connectivity index (χ3n) is 8.19. The van der Waals surface area contributed by atoms with Crippen molar-refractivity contribution in [3.8, 4) is 11.1 Å². The standard InChI is InChI=1S/C30H43FN6O4Si/c1-17-8-10-21(11-9-17)26(27-25(29(32)38)19(3)36-41-27)30(39)34-23-13-12-22(28(31)33-23)24-18(2)35-37(20(24)4)16-40-14-15-42(5,6)7/h12-13,17,21,26H,8-11,14-16H2,1-7H3,(H2,32,38)(H,33,34,39). The van der Waals surface area contributed by atoms with E-state index in [0.717, 1.165) is 37.4 Å². The van der Waals surface area contributed by atoms with Crippen LogP contribution in [0.4, 0.5) is 10.2 Å². The molecule has 3 aromatic heterocycles. The number of rotatable bonds is 11. The van der Waals surface area contributed by atoms with Gasteiger partial charge in [-0.05, 0) is 63.6 Å². The Labute approximate surface area is 247 Å². The van der Waals surface area contributed by atoms with Crippen molar-refractivity contribution in [1.29, 1.82) is 0 Å². The minimum Gasteiger partial charge on any atom is -0.365 e. The lowest BCUT2D eigenvalue weighted by atomic mass is 9.74. The number of aryl methyl sites for hydroxylation is 2. The van der Waals surface area contributed by atoms with Crippen LogP contribution < -0.4 is 11.1 Å². The summed E-state index contributed by atoms with van der Waals surface area (Å²) in [5.74, 6) is -2.00. The Morgan fingerprint density at radius 1 is 1.17 bits per heavy atom. The first-order valence-corrected chi connectivity index (χ1v) is 18.3. The molecule has 1 aliphatic carbocycles. The van der Waals surface area contributed by atoms with Crippen molar-refractivity contribution < 1.29 is 23.2 Å². The van der Waals surface area contributed by atoms with E-state index in [1.54, 1.807) is 23.7 Å². The first-order chi connectivity index (χ1) is 19.8. The number of hydrogen-bond acceptors (Lipinski definition) is 7.